The first-order valence-electron chi connectivity index (χ1n) is 11.1. The van der Waals surface area contributed by atoms with E-state index in [1.807, 2.05) is 43.3 Å². The van der Waals surface area contributed by atoms with Gasteiger partial charge in [-0.25, -0.2) is 4.98 Å². The first-order chi connectivity index (χ1) is 16.1. The third kappa shape index (κ3) is 5.08. The second-order valence-electron chi connectivity index (χ2n) is 8.09. The van der Waals surface area contributed by atoms with Gasteiger partial charge in [-0.3, -0.25) is 4.79 Å². The van der Waals surface area contributed by atoms with E-state index in [-0.39, 0.29) is 31.1 Å². The van der Waals surface area contributed by atoms with E-state index in [2.05, 4.69) is 10.2 Å². The van der Waals surface area contributed by atoms with Crippen LogP contribution in [-0.2, 0) is 16.1 Å². The van der Waals surface area contributed by atoms with Crippen LogP contribution in [0.3, 0.4) is 0 Å². The number of nitrogens with zero attached hydrogens (tertiary/aromatic N) is 3. The fraction of sp³-hybridized carbons (Fsp3) is 0.375. The van der Waals surface area contributed by atoms with Gasteiger partial charge in [-0.15, -0.1) is 12.4 Å². The van der Waals surface area contributed by atoms with E-state index in [1.165, 1.54) is 0 Å². The summed E-state index contributed by atoms with van der Waals surface area (Å²) in [7, 11) is 0. The Kier molecular flexibility index (Phi) is 7.48. The average Bonchev–Trinajstić information content (AvgIpc) is 3.31. The minimum absolute atomic E-state index is 0. The third-order valence-corrected chi connectivity index (χ3v) is 6.18. The van der Waals surface area contributed by atoms with Crippen LogP contribution < -0.4 is 19.7 Å². The van der Waals surface area contributed by atoms with Gasteiger partial charge in [-0.05, 0) is 55.7 Å². The van der Waals surface area contributed by atoms with E-state index in [4.69, 9.17) is 35.8 Å². The van der Waals surface area contributed by atoms with Crippen molar-refractivity contribution < 1.29 is 19.0 Å². The number of carbonyl (C=O) groups is 1. The van der Waals surface area contributed by atoms with Gasteiger partial charge in [0.2, 0.25) is 12.7 Å². The van der Waals surface area contributed by atoms with Crippen LogP contribution >= 0.6 is 24.0 Å². The van der Waals surface area contributed by atoms with Crippen LogP contribution in [0.2, 0.25) is 5.02 Å². The van der Waals surface area contributed by atoms with E-state index in [1.54, 1.807) is 0 Å². The zero-order valence-corrected chi connectivity index (χ0v) is 20.3. The lowest BCUT2D eigenvalue weighted by molar-refractivity contribution is -0.148. The summed E-state index contributed by atoms with van der Waals surface area (Å²) in [5.41, 5.74) is 1.86. The predicted octanol–water partition coefficient (Wildman–Crippen LogP) is 4.83. The number of anilines is 2. The van der Waals surface area contributed by atoms with Gasteiger partial charge in [-0.1, -0.05) is 17.7 Å². The van der Waals surface area contributed by atoms with Gasteiger partial charge < -0.3 is 24.4 Å². The Morgan fingerprint density at radius 3 is 2.74 bits per heavy atom. The molecule has 1 saturated heterocycles. The quantitative estimate of drug-likeness (QED) is 0.477. The van der Waals surface area contributed by atoms with E-state index in [0.717, 1.165) is 40.8 Å². The van der Waals surface area contributed by atoms with E-state index >= 15 is 0 Å². The van der Waals surface area contributed by atoms with Crippen LogP contribution in [0, 0.1) is 5.92 Å². The number of halogens is 2. The van der Waals surface area contributed by atoms with Gasteiger partial charge >= 0.3 is 5.97 Å². The fourth-order valence-electron chi connectivity index (χ4n) is 4.18. The molecule has 1 aromatic heterocycles. The molecule has 0 unspecified atom stereocenters. The zero-order chi connectivity index (χ0) is 22.8. The molecule has 3 heterocycles. The lowest BCUT2D eigenvalue weighted by Crippen LogP contribution is -2.38. The van der Waals surface area contributed by atoms with Gasteiger partial charge in [-0.2, -0.15) is 4.98 Å². The Hall–Kier alpha value is -2.97. The molecule has 2 aliphatic rings. The van der Waals surface area contributed by atoms with Crippen molar-refractivity contribution in [2.24, 2.45) is 5.92 Å². The monoisotopic (exact) mass is 504 g/mol. The van der Waals surface area contributed by atoms with Crippen molar-refractivity contribution in [3.63, 3.8) is 0 Å². The molecule has 34 heavy (non-hydrogen) atoms. The maximum absolute atomic E-state index is 12.1. The summed E-state index contributed by atoms with van der Waals surface area (Å²) in [6.45, 7) is 4.44. The minimum Gasteiger partial charge on any atom is -0.466 e. The van der Waals surface area contributed by atoms with Crippen LogP contribution in [0.4, 0.5) is 11.8 Å². The van der Waals surface area contributed by atoms with Crippen molar-refractivity contribution in [3.05, 3.63) is 47.0 Å². The second kappa shape index (κ2) is 10.5. The van der Waals surface area contributed by atoms with Crippen LogP contribution in [0.1, 0.15) is 25.3 Å². The highest BCUT2D eigenvalue weighted by Gasteiger charge is 2.27. The Morgan fingerprint density at radius 1 is 1.15 bits per heavy atom. The molecule has 1 N–H and O–H groups in total. The standard InChI is InChI=1S/C24H25ClN4O4.ClH/c1-2-31-23(30)16-7-9-29(10-8-16)24-27-19-5-4-17(25)12-18(19)22(28-24)26-13-15-3-6-20-21(11-15)33-14-32-20;/h3-6,11-12,16H,2,7-10,13-14H2,1H3,(H,26,27,28);1H. The molecule has 2 aromatic carbocycles. The molecule has 0 bridgehead atoms. The first-order valence-corrected chi connectivity index (χ1v) is 11.5. The number of fused-ring (bicyclic) bond motifs is 2. The third-order valence-electron chi connectivity index (χ3n) is 5.94. The molecule has 10 heteroatoms. The Morgan fingerprint density at radius 2 is 1.94 bits per heavy atom. The summed E-state index contributed by atoms with van der Waals surface area (Å²) < 4.78 is 16.1. The van der Waals surface area contributed by atoms with Gasteiger partial charge in [0.25, 0.3) is 0 Å². The van der Waals surface area contributed by atoms with Gasteiger partial charge in [0.1, 0.15) is 5.82 Å². The van der Waals surface area contributed by atoms with Crippen molar-refractivity contribution in [2.45, 2.75) is 26.3 Å². The molecule has 0 amide bonds. The normalized spacial score (nSPS) is 15.2. The molecular weight excluding hydrogens is 479 g/mol. The molecule has 8 nitrogen and oxygen atoms in total. The average molecular weight is 505 g/mol. The number of hydrogen-bond donors (Lipinski definition) is 1. The molecule has 180 valence electrons. The van der Waals surface area contributed by atoms with Crippen LogP contribution in [0.25, 0.3) is 10.9 Å². The smallest absolute Gasteiger partial charge is 0.309 e. The minimum atomic E-state index is -0.114. The topological polar surface area (TPSA) is 85.8 Å². The summed E-state index contributed by atoms with van der Waals surface area (Å²) in [4.78, 5) is 23.8. The Balaban J connectivity index is 0.00000274. The SMILES string of the molecule is CCOC(=O)C1CCN(c2nc(NCc3ccc4c(c3)OCO4)c3cc(Cl)ccc3n2)CC1.Cl. The Labute approximate surface area is 209 Å². The number of benzene rings is 2. The molecule has 3 aromatic rings. The second-order valence-corrected chi connectivity index (χ2v) is 8.52. The summed E-state index contributed by atoms with van der Waals surface area (Å²) in [6.07, 6.45) is 1.45. The van der Waals surface area contributed by atoms with Crippen molar-refractivity contribution in [2.75, 3.05) is 36.7 Å². The molecule has 1 fully saturated rings. The summed E-state index contributed by atoms with van der Waals surface area (Å²) in [6, 6.07) is 11.5. The van der Waals surface area contributed by atoms with Crippen molar-refractivity contribution in [1.82, 2.24) is 9.97 Å². The molecule has 5 rings (SSSR count). The largest absolute Gasteiger partial charge is 0.466 e. The maximum atomic E-state index is 12.1. The highest BCUT2D eigenvalue weighted by molar-refractivity contribution is 6.31. The molecule has 2 aliphatic heterocycles. The maximum Gasteiger partial charge on any atom is 0.309 e. The lowest BCUT2D eigenvalue weighted by Gasteiger charge is -2.31. The number of hydrogen-bond acceptors (Lipinski definition) is 8. The number of ether oxygens (including phenoxy) is 3. The molecule has 0 aliphatic carbocycles. The van der Waals surface area contributed by atoms with E-state index in [0.29, 0.717) is 43.0 Å². The van der Waals surface area contributed by atoms with Gasteiger partial charge in [0.05, 0.1) is 18.0 Å². The number of piperidine rings is 1. The number of rotatable bonds is 6. The lowest BCUT2D eigenvalue weighted by atomic mass is 9.97. The zero-order valence-electron chi connectivity index (χ0n) is 18.8. The van der Waals surface area contributed by atoms with Crippen molar-refractivity contribution in [3.8, 4) is 11.5 Å². The fourth-order valence-corrected chi connectivity index (χ4v) is 4.35. The number of carbonyl (C=O) groups excluding carboxylic acids is 1. The molecule has 0 saturated carbocycles. The number of nitrogens with one attached hydrogen (secondary N) is 1. The van der Waals surface area contributed by atoms with Crippen molar-refractivity contribution in [1.29, 1.82) is 0 Å². The predicted molar refractivity (Wildman–Crippen MR) is 133 cm³/mol. The Bertz CT molecular complexity index is 1190. The van der Waals surface area contributed by atoms with Crippen LogP contribution in [-0.4, -0.2) is 42.4 Å². The molecule has 0 radical (unpaired) electrons. The summed E-state index contributed by atoms with van der Waals surface area (Å²) in [5.74, 6) is 2.67. The highest BCUT2D eigenvalue weighted by atomic mass is 35.5. The number of esters is 1. The van der Waals surface area contributed by atoms with Crippen molar-refractivity contribution >= 4 is 52.6 Å². The van der Waals surface area contributed by atoms with Gasteiger partial charge in [0.15, 0.2) is 11.5 Å². The summed E-state index contributed by atoms with van der Waals surface area (Å²) >= 11 is 6.26. The van der Waals surface area contributed by atoms with Crippen LogP contribution in [0.15, 0.2) is 36.4 Å². The molecule has 0 spiro atoms. The molecule has 0 atom stereocenters. The van der Waals surface area contributed by atoms with Crippen LogP contribution in [0.5, 0.6) is 11.5 Å². The number of aromatic nitrogens is 2. The van der Waals surface area contributed by atoms with Gasteiger partial charge in [0, 0.05) is 30.0 Å². The summed E-state index contributed by atoms with van der Waals surface area (Å²) in [5, 5.41) is 4.92. The van der Waals surface area contributed by atoms with E-state index < -0.39 is 0 Å². The highest BCUT2D eigenvalue weighted by Crippen LogP contribution is 2.33. The van der Waals surface area contributed by atoms with E-state index in [9.17, 15) is 4.79 Å². The first kappa shape index (κ1) is 24.2. The molecular formula is C24H26Cl2N4O4.